The zero-order chi connectivity index (χ0) is 21.5. The van der Waals surface area contributed by atoms with E-state index in [0.29, 0.717) is 18.6 Å². The molecule has 4 aromatic rings. The van der Waals surface area contributed by atoms with Crippen LogP contribution in [0.25, 0.3) is 11.0 Å². The van der Waals surface area contributed by atoms with Gasteiger partial charge in [0, 0.05) is 11.6 Å². The Morgan fingerprint density at radius 1 is 0.969 bits per heavy atom. The third-order valence-electron chi connectivity index (χ3n) is 6.85. The molecule has 1 aromatic heterocycles. The lowest BCUT2D eigenvalue weighted by molar-refractivity contribution is 0.0579. The summed E-state index contributed by atoms with van der Waals surface area (Å²) in [6.45, 7) is 0.495. The first-order chi connectivity index (χ1) is 15.8. The Labute approximate surface area is 187 Å². The van der Waals surface area contributed by atoms with Crippen molar-refractivity contribution in [1.82, 2.24) is 14.9 Å². The molecular weight excluding hydrogens is 398 g/mol. The second kappa shape index (κ2) is 7.83. The Kier molecular flexibility index (Phi) is 4.67. The summed E-state index contributed by atoms with van der Waals surface area (Å²) in [4.78, 5) is 24.0. The minimum atomic E-state index is -0.0178. The highest BCUT2D eigenvalue weighted by atomic mass is 16.5. The summed E-state index contributed by atoms with van der Waals surface area (Å²) in [5.41, 5.74) is 3.63. The van der Waals surface area contributed by atoms with Gasteiger partial charge in [-0.05, 0) is 55.0 Å². The van der Waals surface area contributed by atoms with Gasteiger partial charge < -0.3 is 14.6 Å². The zero-order valence-corrected chi connectivity index (χ0v) is 17.8. The van der Waals surface area contributed by atoms with Crippen molar-refractivity contribution in [2.45, 2.75) is 38.0 Å². The molecule has 1 aliphatic heterocycles. The smallest absolute Gasteiger partial charge is 0.254 e. The molecule has 3 atom stereocenters. The summed E-state index contributed by atoms with van der Waals surface area (Å²) >= 11 is 0. The number of aromatic amines is 1. The van der Waals surface area contributed by atoms with Crippen molar-refractivity contribution in [3.63, 3.8) is 0 Å². The van der Waals surface area contributed by atoms with Crippen LogP contribution in [0.3, 0.4) is 0 Å². The Hall–Kier alpha value is -3.60. The summed E-state index contributed by atoms with van der Waals surface area (Å²) in [6, 6.07) is 26.0. The van der Waals surface area contributed by atoms with E-state index in [2.05, 4.69) is 22.0 Å². The fraction of sp³-hybridized carbons (Fsp3) is 0.259. The zero-order valence-electron chi connectivity index (χ0n) is 17.8. The van der Waals surface area contributed by atoms with Crippen molar-refractivity contribution in [1.29, 1.82) is 0 Å². The first kappa shape index (κ1) is 19.1. The molecule has 2 fully saturated rings. The molecule has 0 spiro atoms. The van der Waals surface area contributed by atoms with Crippen molar-refractivity contribution in [2.24, 2.45) is 5.92 Å². The van der Waals surface area contributed by atoms with Crippen molar-refractivity contribution in [2.75, 3.05) is 0 Å². The Morgan fingerprint density at radius 2 is 1.75 bits per heavy atom. The number of benzene rings is 3. The number of carbonyl (C=O) groups excluding carboxylic acids is 1. The number of para-hydroxylation sites is 1. The number of piperidine rings is 1. The van der Waals surface area contributed by atoms with Gasteiger partial charge in [0.25, 0.3) is 5.91 Å². The Bertz CT molecular complexity index is 1250. The predicted molar refractivity (Wildman–Crippen MR) is 123 cm³/mol. The summed E-state index contributed by atoms with van der Waals surface area (Å²) in [6.07, 6.45) is 3.27. The lowest BCUT2D eigenvalue weighted by atomic mass is 9.97. The first-order valence-electron chi connectivity index (χ1n) is 11.3. The largest absolute Gasteiger partial charge is 0.487 e. The van der Waals surface area contributed by atoms with Crippen molar-refractivity contribution in [3.8, 4) is 5.75 Å². The Morgan fingerprint density at radius 3 is 2.56 bits per heavy atom. The summed E-state index contributed by atoms with van der Waals surface area (Å²) in [5.74, 6) is 2.18. The van der Waals surface area contributed by atoms with Gasteiger partial charge in [-0.1, -0.05) is 54.6 Å². The maximum atomic E-state index is 13.4. The van der Waals surface area contributed by atoms with Crippen LogP contribution in [-0.2, 0) is 6.61 Å². The number of amides is 1. The number of carbonyl (C=O) groups is 1. The number of H-pyrrole nitrogens is 1. The third-order valence-corrected chi connectivity index (χ3v) is 6.85. The fourth-order valence-corrected chi connectivity index (χ4v) is 5.38. The molecule has 1 aliphatic carbocycles. The molecule has 6 rings (SSSR count). The molecule has 5 heteroatoms. The van der Waals surface area contributed by atoms with Crippen LogP contribution in [0.5, 0.6) is 5.75 Å². The number of nitrogens with zero attached hydrogens (tertiary/aromatic N) is 2. The monoisotopic (exact) mass is 423 g/mol. The molecule has 1 saturated heterocycles. The normalized spacial score (nSPS) is 21.9. The molecule has 2 aliphatic rings. The van der Waals surface area contributed by atoms with Gasteiger partial charge in [0.15, 0.2) is 0 Å². The minimum Gasteiger partial charge on any atom is -0.487 e. The van der Waals surface area contributed by atoms with Crippen molar-refractivity contribution < 1.29 is 9.53 Å². The van der Waals surface area contributed by atoms with E-state index in [-0.39, 0.29) is 11.9 Å². The number of likely N-dealkylation sites (tertiary alicyclic amines) is 1. The average molecular weight is 424 g/mol. The van der Waals surface area contributed by atoms with Crippen LogP contribution >= 0.6 is 0 Å². The highest BCUT2D eigenvalue weighted by Gasteiger charge is 2.50. The average Bonchev–Trinajstić information content (AvgIpc) is 3.58. The molecule has 5 nitrogen and oxygen atoms in total. The van der Waals surface area contributed by atoms with Crippen molar-refractivity contribution in [3.05, 3.63) is 95.8 Å². The fourth-order valence-electron chi connectivity index (χ4n) is 5.38. The maximum Gasteiger partial charge on any atom is 0.254 e. The molecule has 1 saturated carbocycles. The van der Waals surface area contributed by atoms with E-state index in [9.17, 15) is 4.79 Å². The number of rotatable bonds is 5. The molecular formula is C27H25N3O2. The molecule has 2 bridgehead atoms. The SMILES string of the molecule is O=C(c1ccccc1)N1[C@@H]2CC[C@@H](C2)[C@H]1c1nc2c(OCc3ccccc3)cccc2[nH]1. The summed E-state index contributed by atoms with van der Waals surface area (Å²) < 4.78 is 6.12. The number of fused-ring (bicyclic) bond motifs is 3. The summed E-state index contributed by atoms with van der Waals surface area (Å²) in [5, 5.41) is 0. The topological polar surface area (TPSA) is 58.2 Å². The first-order valence-corrected chi connectivity index (χ1v) is 11.3. The van der Waals surface area contributed by atoms with E-state index in [1.165, 1.54) is 0 Å². The van der Waals surface area contributed by atoms with E-state index < -0.39 is 0 Å². The van der Waals surface area contributed by atoms with Crippen molar-refractivity contribution >= 4 is 16.9 Å². The minimum absolute atomic E-state index is 0.0178. The number of hydrogen-bond donors (Lipinski definition) is 1. The molecule has 160 valence electrons. The van der Waals surface area contributed by atoms with E-state index in [0.717, 1.165) is 53.0 Å². The molecule has 32 heavy (non-hydrogen) atoms. The molecule has 3 aromatic carbocycles. The molecule has 0 unspecified atom stereocenters. The molecule has 1 amide bonds. The van der Waals surface area contributed by atoms with Gasteiger partial charge in [0.2, 0.25) is 0 Å². The van der Waals surface area contributed by atoms with Gasteiger partial charge in [-0.3, -0.25) is 4.79 Å². The van der Waals surface area contributed by atoms with E-state index in [1.54, 1.807) is 0 Å². The van der Waals surface area contributed by atoms with Crippen LogP contribution in [0.15, 0.2) is 78.9 Å². The van der Waals surface area contributed by atoms with Gasteiger partial charge >= 0.3 is 0 Å². The van der Waals surface area contributed by atoms with Crippen LogP contribution < -0.4 is 4.74 Å². The van der Waals surface area contributed by atoms with E-state index in [4.69, 9.17) is 9.72 Å². The number of hydrogen-bond acceptors (Lipinski definition) is 3. The summed E-state index contributed by atoms with van der Waals surface area (Å²) in [7, 11) is 0. The maximum absolute atomic E-state index is 13.4. The second-order valence-corrected chi connectivity index (χ2v) is 8.80. The highest BCUT2D eigenvalue weighted by Crippen LogP contribution is 2.50. The van der Waals surface area contributed by atoms with Gasteiger partial charge in [-0.25, -0.2) is 4.98 Å². The lowest BCUT2D eigenvalue weighted by Crippen LogP contribution is -2.40. The highest BCUT2D eigenvalue weighted by molar-refractivity contribution is 5.95. The standard InChI is InChI=1S/C27H25N3O2/c31-27(19-10-5-2-6-11-19)30-21-15-14-20(16-21)25(30)26-28-22-12-7-13-23(24(22)29-26)32-17-18-8-3-1-4-9-18/h1-13,20-21,25H,14-17H2,(H,28,29)/t20-,21+,25-/m0/s1. The quantitative estimate of drug-likeness (QED) is 0.461. The molecule has 2 heterocycles. The molecule has 1 N–H and O–H groups in total. The van der Waals surface area contributed by atoms with Gasteiger partial charge in [0.1, 0.15) is 23.7 Å². The van der Waals surface area contributed by atoms with Crippen LogP contribution in [0, 0.1) is 5.92 Å². The van der Waals surface area contributed by atoms with Gasteiger partial charge in [-0.15, -0.1) is 0 Å². The van der Waals surface area contributed by atoms with E-state index in [1.807, 2.05) is 66.7 Å². The van der Waals surface area contributed by atoms with E-state index >= 15 is 0 Å². The Balaban J connectivity index is 1.33. The molecule has 0 radical (unpaired) electrons. The predicted octanol–water partition coefficient (Wildman–Crippen LogP) is 5.51. The van der Waals surface area contributed by atoms with Gasteiger partial charge in [0.05, 0.1) is 11.6 Å². The third kappa shape index (κ3) is 3.25. The van der Waals surface area contributed by atoms with Crippen LogP contribution in [0.2, 0.25) is 0 Å². The van der Waals surface area contributed by atoms with Gasteiger partial charge in [-0.2, -0.15) is 0 Å². The number of nitrogens with one attached hydrogen (secondary N) is 1. The lowest BCUT2D eigenvalue weighted by Gasteiger charge is -2.34. The number of aromatic nitrogens is 2. The number of ether oxygens (including phenoxy) is 1. The number of imidazole rings is 1. The second-order valence-electron chi connectivity index (χ2n) is 8.80. The van der Waals surface area contributed by atoms with Crippen LogP contribution in [0.4, 0.5) is 0 Å². The van der Waals surface area contributed by atoms with Crippen LogP contribution in [0.1, 0.15) is 47.1 Å². The van der Waals surface area contributed by atoms with Crippen LogP contribution in [-0.4, -0.2) is 26.8 Å².